The van der Waals surface area contributed by atoms with Crippen LogP contribution in [-0.2, 0) is 4.79 Å². The number of rotatable bonds is 7. The van der Waals surface area contributed by atoms with Gasteiger partial charge >= 0.3 is 107 Å². The second-order valence-electron chi connectivity index (χ2n) is 3.06. The summed E-state index contributed by atoms with van der Waals surface area (Å²) in [6.07, 6.45) is 1.82. The molecule has 0 spiro atoms. The van der Waals surface area contributed by atoms with Gasteiger partial charge in [-0.3, -0.25) is 0 Å². The normalized spacial score (nSPS) is 16.2. The number of hydrogen-bond donors (Lipinski definition) is 1. The van der Waals surface area contributed by atoms with E-state index in [1.807, 2.05) is 0 Å². The Morgan fingerprint density at radius 1 is 1.27 bits per heavy atom. The number of hydrogen-bond acceptors (Lipinski definition) is 1. The summed E-state index contributed by atoms with van der Waals surface area (Å²) in [7, 11) is 0. The van der Waals surface area contributed by atoms with Gasteiger partial charge in [-0.15, -0.1) is 12.4 Å². The minimum atomic E-state index is -0.817. The van der Waals surface area contributed by atoms with Gasteiger partial charge in [0.2, 0.25) is 0 Å². The van der Waals surface area contributed by atoms with Gasteiger partial charge in [-0.05, 0) is 0 Å². The minimum Gasteiger partial charge on any atom is -0.147 e. The number of carboxylic acid groups (broad SMARTS) is 1. The van der Waals surface area contributed by atoms with Crippen molar-refractivity contribution in [3.8, 4) is 0 Å². The fourth-order valence-corrected chi connectivity index (χ4v) is 13.3. The van der Waals surface area contributed by atoms with Gasteiger partial charge in [0.1, 0.15) is 0 Å². The molecule has 0 aromatic carbocycles. The molecule has 0 fully saturated rings. The summed E-state index contributed by atoms with van der Waals surface area (Å²) in [5, 5.41) is 8.73. The van der Waals surface area contributed by atoms with E-state index >= 15 is 0 Å². The van der Waals surface area contributed by atoms with Crippen LogP contribution >= 0.6 is 12.4 Å². The first-order chi connectivity index (χ1) is 6.51. The predicted octanol–water partition coefficient (Wildman–Crippen LogP) is 1.36. The molecule has 0 aromatic rings. The van der Waals surface area contributed by atoms with Crippen LogP contribution in [0, 0.1) is 0 Å². The van der Waals surface area contributed by atoms with E-state index in [0.29, 0.717) is 13.8 Å². The third-order valence-electron chi connectivity index (χ3n) is 2.38. The van der Waals surface area contributed by atoms with E-state index in [9.17, 15) is 4.79 Å². The molecule has 0 bridgehead atoms. The molecule has 15 heavy (non-hydrogen) atoms. The average molecular weight is 420 g/mol. The summed E-state index contributed by atoms with van der Waals surface area (Å²) in [4.78, 5) is 10.6. The van der Waals surface area contributed by atoms with Crippen LogP contribution in [0.25, 0.3) is 0 Å². The van der Waals surface area contributed by atoms with E-state index in [-0.39, 0.29) is 59.7 Å². The van der Waals surface area contributed by atoms with E-state index in [1.165, 1.54) is 0 Å². The molecule has 0 radical (unpaired) electrons. The number of halogens is 1. The molecule has 0 heterocycles. The van der Waals surface area contributed by atoms with Crippen molar-refractivity contribution in [2.45, 2.75) is 31.8 Å². The van der Waals surface area contributed by atoms with Gasteiger partial charge < -0.3 is 0 Å². The van der Waals surface area contributed by atoms with Crippen LogP contribution in [0.15, 0.2) is 12.2 Å². The zero-order valence-electron chi connectivity index (χ0n) is 9.39. The topological polar surface area (TPSA) is 37.3 Å². The summed E-state index contributed by atoms with van der Waals surface area (Å²) in [5.74, 6) is -0.817. The van der Waals surface area contributed by atoms with Crippen molar-refractivity contribution in [2.75, 3.05) is 0 Å². The van der Waals surface area contributed by atoms with Crippen molar-refractivity contribution in [3.05, 3.63) is 12.2 Å². The fraction of sp³-hybridized carbons (Fsp3) is 0.667. The van der Waals surface area contributed by atoms with Crippen LogP contribution in [0.3, 0.4) is 0 Å². The Morgan fingerprint density at radius 3 is 1.93 bits per heavy atom. The quantitative estimate of drug-likeness (QED) is 0.499. The van der Waals surface area contributed by atoms with E-state index in [0.717, 1.165) is 6.42 Å². The predicted molar refractivity (Wildman–Crippen MR) is 75.0 cm³/mol. The van der Waals surface area contributed by atoms with Gasteiger partial charge in [0.25, 0.3) is 0 Å². The smallest absolute Gasteiger partial charge is 0.147 e. The van der Waals surface area contributed by atoms with Crippen molar-refractivity contribution >= 4 is 65.6 Å². The first-order valence-electron chi connectivity index (χ1n) is 4.49. The molecule has 0 aliphatic heterocycles. The summed E-state index contributed by atoms with van der Waals surface area (Å²) < 4.78 is 0.693. The Labute approximate surface area is 119 Å². The second-order valence-corrected chi connectivity index (χ2v) is 18.2. The van der Waals surface area contributed by atoms with Gasteiger partial charge in [-0.2, -0.15) is 0 Å². The first kappa shape index (κ1) is 18.5. The monoisotopic (exact) mass is 420 g/mol. The third kappa shape index (κ3) is 6.47. The van der Waals surface area contributed by atoms with Crippen molar-refractivity contribution in [2.24, 2.45) is 0 Å². The van der Waals surface area contributed by atoms with E-state index in [4.69, 9.17) is 5.11 Å². The van der Waals surface area contributed by atoms with Crippen molar-refractivity contribution in [3.63, 3.8) is 0 Å². The SMILES string of the molecule is C=C(CCC([AsH]C)([AsH]C)[AsH]C)C(=O)O.Cl. The Morgan fingerprint density at radius 2 is 1.67 bits per heavy atom. The van der Waals surface area contributed by atoms with Gasteiger partial charge in [0.15, 0.2) is 0 Å². The summed E-state index contributed by atoms with van der Waals surface area (Å²) in [6.45, 7) is 3.60. The van der Waals surface area contributed by atoms with Gasteiger partial charge in [-0.25, -0.2) is 0 Å². The Balaban J connectivity index is 0. The molecule has 1 N–H and O–H groups in total. The van der Waals surface area contributed by atoms with Crippen LogP contribution in [0.1, 0.15) is 12.8 Å². The summed E-state index contributed by atoms with van der Waals surface area (Å²) in [6, 6.07) is 0. The second kappa shape index (κ2) is 9.23. The maximum atomic E-state index is 10.6. The van der Waals surface area contributed by atoms with E-state index in [2.05, 4.69) is 23.7 Å². The maximum Gasteiger partial charge on any atom is -0.147 e. The zero-order chi connectivity index (χ0) is 11.2. The Kier molecular flexibility index (Phi) is 11.4. The van der Waals surface area contributed by atoms with Crippen LogP contribution in [0.2, 0.25) is 18.9 Å². The van der Waals surface area contributed by atoms with Gasteiger partial charge in [-0.1, -0.05) is 0 Å². The summed E-state index contributed by atoms with van der Waals surface area (Å²) in [5.41, 5.74) is 7.49. The molecular weight excluding hydrogens is 400 g/mol. The fourth-order valence-electron chi connectivity index (χ4n) is 1.20. The first-order valence-corrected chi connectivity index (χ1v) is 13.9. The molecule has 0 aromatic heterocycles. The number of aliphatic carboxylic acids is 1. The molecule has 0 rings (SSSR count). The average Bonchev–Trinajstić information content (AvgIpc) is 2.20. The van der Waals surface area contributed by atoms with Gasteiger partial charge in [0.05, 0.1) is 0 Å². The molecule has 0 saturated heterocycles. The maximum absolute atomic E-state index is 10.6. The molecule has 6 heteroatoms. The zero-order valence-corrected chi connectivity index (χ0v) is 16.5. The Bertz CT molecular complexity index is 209. The van der Waals surface area contributed by atoms with Crippen molar-refractivity contribution in [1.29, 1.82) is 0 Å². The van der Waals surface area contributed by atoms with E-state index < -0.39 is 5.97 Å². The van der Waals surface area contributed by atoms with Crippen LogP contribution in [0.5, 0.6) is 0 Å². The van der Waals surface area contributed by atoms with Crippen molar-refractivity contribution < 1.29 is 9.90 Å². The van der Waals surface area contributed by atoms with Crippen molar-refractivity contribution in [1.82, 2.24) is 0 Å². The number of carbonyl (C=O) groups is 1. The molecular formula is C9H20As3ClO2. The largest absolute Gasteiger partial charge is 0.147 e. The molecule has 0 amide bonds. The van der Waals surface area contributed by atoms with Crippen LogP contribution in [0.4, 0.5) is 0 Å². The molecule has 2 nitrogen and oxygen atoms in total. The number of carboxylic acids is 1. The molecule has 3 unspecified atom stereocenters. The molecule has 0 aliphatic rings. The van der Waals surface area contributed by atoms with Crippen LogP contribution < -0.4 is 0 Å². The van der Waals surface area contributed by atoms with Gasteiger partial charge in [0, 0.05) is 0 Å². The van der Waals surface area contributed by atoms with E-state index in [1.54, 1.807) is 0 Å². The standard InChI is InChI=1S/C9H19As3O2.ClH/c1-7(8(13)14)5-6-9(10-2,11-3)12-4;/h10-12H,1,5-6H2,2-4H3,(H,13,14);1H. The molecule has 0 aliphatic carbocycles. The van der Waals surface area contributed by atoms with Crippen LogP contribution in [-0.4, -0.2) is 58.3 Å². The molecule has 3 atom stereocenters. The molecule has 0 saturated carbocycles. The molecule has 90 valence electrons. The third-order valence-corrected chi connectivity index (χ3v) is 25.7. The summed E-state index contributed by atoms with van der Waals surface area (Å²) >= 11 is 0.451. The minimum absolute atomic E-state index is 0. The Hall–Kier alpha value is 1.18.